The molecule has 4 heteroatoms. The summed E-state index contributed by atoms with van der Waals surface area (Å²) in [4.78, 5) is 27.6. The van der Waals surface area contributed by atoms with Crippen LogP contribution in [-0.2, 0) is 17.6 Å². The van der Waals surface area contributed by atoms with Crippen LogP contribution >= 0.6 is 0 Å². The van der Waals surface area contributed by atoms with Gasteiger partial charge in [-0.05, 0) is 55.7 Å². The molecule has 0 aliphatic carbocycles. The molecule has 1 N–H and O–H groups in total. The van der Waals surface area contributed by atoms with E-state index in [2.05, 4.69) is 49.5 Å². The lowest BCUT2D eigenvalue weighted by atomic mass is 9.93. The average molecular weight is 407 g/mol. The first-order chi connectivity index (χ1) is 14.5. The van der Waals surface area contributed by atoms with E-state index in [1.807, 2.05) is 36.1 Å². The van der Waals surface area contributed by atoms with E-state index in [0.29, 0.717) is 19.0 Å². The predicted molar refractivity (Wildman–Crippen MR) is 121 cm³/mol. The van der Waals surface area contributed by atoms with Crippen molar-refractivity contribution in [1.29, 1.82) is 0 Å². The maximum Gasteiger partial charge on any atom is 0.254 e. The summed E-state index contributed by atoms with van der Waals surface area (Å²) in [5, 5.41) is 3.12. The van der Waals surface area contributed by atoms with Gasteiger partial charge >= 0.3 is 0 Å². The summed E-state index contributed by atoms with van der Waals surface area (Å²) >= 11 is 0. The summed E-state index contributed by atoms with van der Waals surface area (Å²) < 4.78 is 0. The van der Waals surface area contributed by atoms with Gasteiger partial charge in [0.05, 0.1) is 0 Å². The minimum Gasteiger partial charge on any atom is -0.353 e. The number of nitrogens with one attached hydrogen (secondary N) is 1. The van der Waals surface area contributed by atoms with E-state index in [-0.39, 0.29) is 23.8 Å². The lowest BCUT2D eigenvalue weighted by Gasteiger charge is -2.32. The third-order valence-electron chi connectivity index (χ3n) is 6.30. The van der Waals surface area contributed by atoms with Gasteiger partial charge < -0.3 is 10.2 Å². The predicted octanol–water partition coefficient (Wildman–Crippen LogP) is 4.48. The standard InChI is InChI=1S/C26H34N2O2/c1-19(2)20(3)27-25(29)23-15-17-28(18-16-23)26(30)24-12-8-7-11-22(24)14-13-21-9-5-4-6-10-21/h4-12,19-20,23H,13-18H2,1-3H3,(H,27,29). The van der Waals surface area contributed by atoms with Crippen molar-refractivity contribution in [3.8, 4) is 0 Å². The van der Waals surface area contributed by atoms with Crippen LogP contribution < -0.4 is 5.32 Å². The van der Waals surface area contributed by atoms with E-state index in [9.17, 15) is 9.59 Å². The molecule has 2 aromatic rings. The van der Waals surface area contributed by atoms with Gasteiger partial charge in [-0.1, -0.05) is 62.4 Å². The second-order valence-corrected chi connectivity index (χ2v) is 8.75. The van der Waals surface area contributed by atoms with Gasteiger partial charge in [-0.2, -0.15) is 0 Å². The van der Waals surface area contributed by atoms with Crippen LogP contribution in [0.3, 0.4) is 0 Å². The average Bonchev–Trinajstić information content (AvgIpc) is 2.78. The third-order valence-corrected chi connectivity index (χ3v) is 6.30. The number of amides is 2. The highest BCUT2D eigenvalue weighted by Gasteiger charge is 2.29. The van der Waals surface area contributed by atoms with Crippen LogP contribution in [0.5, 0.6) is 0 Å². The molecule has 30 heavy (non-hydrogen) atoms. The molecule has 1 atom stereocenters. The Labute approximate surface area is 180 Å². The molecule has 0 bridgehead atoms. The first kappa shape index (κ1) is 22.1. The molecule has 1 heterocycles. The van der Waals surface area contributed by atoms with Crippen LogP contribution in [0, 0.1) is 11.8 Å². The van der Waals surface area contributed by atoms with Gasteiger partial charge in [0.1, 0.15) is 0 Å². The zero-order valence-corrected chi connectivity index (χ0v) is 18.4. The number of carbonyl (C=O) groups is 2. The SMILES string of the molecule is CC(C)C(C)NC(=O)C1CCN(C(=O)c2ccccc2CCc2ccccc2)CC1. The van der Waals surface area contributed by atoms with Gasteiger partial charge in [0.15, 0.2) is 0 Å². The van der Waals surface area contributed by atoms with Crippen molar-refractivity contribution in [2.75, 3.05) is 13.1 Å². The Hall–Kier alpha value is -2.62. The monoisotopic (exact) mass is 406 g/mol. The van der Waals surface area contributed by atoms with Gasteiger partial charge in [-0.15, -0.1) is 0 Å². The van der Waals surface area contributed by atoms with Gasteiger partial charge in [-0.3, -0.25) is 9.59 Å². The number of hydrogen-bond acceptors (Lipinski definition) is 2. The zero-order chi connectivity index (χ0) is 21.5. The second kappa shape index (κ2) is 10.4. The molecule has 1 unspecified atom stereocenters. The fourth-order valence-electron chi connectivity index (χ4n) is 3.89. The normalized spacial score (nSPS) is 15.8. The van der Waals surface area contributed by atoms with E-state index < -0.39 is 0 Å². The van der Waals surface area contributed by atoms with E-state index in [0.717, 1.165) is 36.8 Å². The van der Waals surface area contributed by atoms with Crippen molar-refractivity contribution in [2.45, 2.75) is 52.5 Å². The molecule has 4 nitrogen and oxygen atoms in total. The molecule has 0 aromatic heterocycles. The van der Waals surface area contributed by atoms with Gasteiger partial charge in [0, 0.05) is 30.6 Å². The number of aryl methyl sites for hydroxylation is 2. The Balaban J connectivity index is 1.58. The molecule has 0 radical (unpaired) electrons. The van der Waals surface area contributed by atoms with Gasteiger partial charge in [0.25, 0.3) is 5.91 Å². The molecular weight excluding hydrogens is 372 g/mol. The minimum atomic E-state index is 0.00331. The summed E-state index contributed by atoms with van der Waals surface area (Å²) in [6, 6.07) is 18.5. The fraction of sp³-hybridized carbons (Fsp3) is 0.462. The molecule has 0 saturated carbocycles. The smallest absolute Gasteiger partial charge is 0.254 e. The van der Waals surface area contributed by atoms with Crippen molar-refractivity contribution < 1.29 is 9.59 Å². The second-order valence-electron chi connectivity index (χ2n) is 8.75. The number of hydrogen-bond donors (Lipinski definition) is 1. The van der Waals surface area contributed by atoms with Crippen LogP contribution in [-0.4, -0.2) is 35.8 Å². The third kappa shape index (κ3) is 5.71. The van der Waals surface area contributed by atoms with Crippen LogP contribution in [0.2, 0.25) is 0 Å². The zero-order valence-electron chi connectivity index (χ0n) is 18.4. The van der Waals surface area contributed by atoms with Gasteiger partial charge in [-0.25, -0.2) is 0 Å². The highest BCUT2D eigenvalue weighted by atomic mass is 16.2. The molecule has 2 amide bonds. The Morgan fingerprint density at radius 2 is 1.57 bits per heavy atom. The minimum absolute atomic E-state index is 0.00331. The Kier molecular flexibility index (Phi) is 7.67. The van der Waals surface area contributed by atoms with E-state index in [4.69, 9.17) is 0 Å². The van der Waals surface area contributed by atoms with Crippen LogP contribution in [0.25, 0.3) is 0 Å². The van der Waals surface area contributed by atoms with Crippen molar-refractivity contribution >= 4 is 11.8 Å². The lowest BCUT2D eigenvalue weighted by molar-refractivity contribution is -0.127. The molecule has 1 saturated heterocycles. The largest absolute Gasteiger partial charge is 0.353 e. The summed E-state index contributed by atoms with van der Waals surface area (Å²) in [6.45, 7) is 7.55. The molecule has 1 fully saturated rings. The van der Waals surface area contributed by atoms with Gasteiger partial charge in [0.2, 0.25) is 5.91 Å². The van der Waals surface area contributed by atoms with Crippen molar-refractivity contribution in [2.24, 2.45) is 11.8 Å². The maximum absolute atomic E-state index is 13.2. The first-order valence-electron chi connectivity index (χ1n) is 11.2. The van der Waals surface area contributed by atoms with E-state index in [1.165, 1.54) is 5.56 Å². The fourth-order valence-corrected chi connectivity index (χ4v) is 3.89. The number of likely N-dealkylation sites (tertiary alicyclic amines) is 1. The number of benzene rings is 2. The summed E-state index contributed by atoms with van der Waals surface area (Å²) in [6.07, 6.45) is 3.22. The van der Waals surface area contributed by atoms with Crippen LogP contribution in [0.15, 0.2) is 54.6 Å². The Morgan fingerprint density at radius 3 is 2.23 bits per heavy atom. The summed E-state index contributed by atoms with van der Waals surface area (Å²) in [7, 11) is 0. The summed E-state index contributed by atoms with van der Waals surface area (Å²) in [5.41, 5.74) is 3.17. The molecule has 2 aromatic carbocycles. The number of nitrogens with zero attached hydrogens (tertiary/aromatic N) is 1. The number of carbonyl (C=O) groups excluding carboxylic acids is 2. The quantitative estimate of drug-likeness (QED) is 0.737. The summed E-state index contributed by atoms with van der Waals surface area (Å²) in [5.74, 6) is 0.645. The number of rotatable bonds is 7. The lowest BCUT2D eigenvalue weighted by Crippen LogP contribution is -2.45. The maximum atomic E-state index is 13.2. The number of piperidine rings is 1. The molecular formula is C26H34N2O2. The van der Waals surface area contributed by atoms with E-state index in [1.54, 1.807) is 0 Å². The first-order valence-corrected chi connectivity index (χ1v) is 11.2. The van der Waals surface area contributed by atoms with Crippen LogP contribution in [0.1, 0.15) is 55.1 Å². The van der Waals surface area contributed by atoms with E-state index >= 15 is 0 Å². The van der Waals surface area contributed by atoms with Crippen molar-refractivity contribution in [3.63, 3.8) is 0 Å². The Morgan fingerprint density at radius 1 is 0.933 bits per heavy atom. The van der Waals surface area contributed by atoms with Crippen LogP contribution in [0.4, 0.5) is 0 Å². The topological polar surface area (TPSA) is 49.4 Å². The highest BCUT2D eigenvalue weighted by Crippen LogP contribution is 2.22. The highest BCUT2D eigenvalue weighted by molar-refractivity contribution is 5.96. The van der Waals surface area contributed by atoms with Crippen molar-refractivity contribution in [1.82, 2.24) is 10.2 Å². The van der Waals surface area contributed by atoms with Crippen molar-refractivity contribution in [3.05, 3.63) is 71.3 Å². The molecule has 0 spiro atoms. The molecule has 1 aliphatic heterocycles. The Bertz CT molecular complexity index is 839. The molecule has 160 valence electrons. The molecule has 1 aliphatic rings. The molecule has 3 rings (SSSR count).